The fraction of sp³-hybridized carbons (Fsp3) is 0.857. The van der Waals surface area contributed by atoms with E-state index < -0.39 is 11.5 Å². The molecular formula is C14H22N2O3. The standard InChI is InChI=1S/C14H22N2O3/c17-12(10-8-9-4-5-11(10)15-9)16-14(13(18)19)6-2-1-3-7-14/h9-11,15H,1-8H2,(H,16,17)(H,18,19). The van der Waals surface area contributed by atoms with Gasteiger partial charge in [0, 0.05) is 12.1 Å². The molecule has 2 bridgehead atoms. The lowest BCUT2D eigenvalue weighted by Gasteiger charge is -2.35. The highest BCUT2D eigenvalue weighted by molar-refractivity contribution is 5.88. The summed E-state index contributed by atoms with van der Waals surface area (Å²) in [5, 5.41) is 15.8. The lowest BCUT2D eigenvalue weighted by molar-refractivity contribution is -0.150. The van der Waals surface area contributed by atoms with Gasteiger partial charge in [-0.05, 0) is 32.1 Å². The minimum Gasteiger partial charge on any atom is -0.480 e. The fourth-order valence-electron chi connectivity index (χ4n) is 3.99. The van der Waals surface area contributed by atoms with Gasteiger partial charge in [-0.2, -0.15) is 0 Å². The van der Waals surface area contributed by atoms with E-state index in [1.54, 1.807) is 0 Å². The molecule has 2 heterocycles. The van der Waals surface area contributed by atoms with Crippen LogP contribution in [0.3, 0.4) is 0 Å². The molecule has 3 N–H and O–H groups in total. The van der Waals surface area contributed by atoms with E-state index in [9.17, 15) is 14.7 Å². The highest BCUT2D eigenvalue weighted by Gasteiger charge is 2.47. The average Bonchev–Trinajstić information content (AvgIpc) is 3.02. The molecule has 0 aromatic rings. The molecule has 106 valence electrons. The van der Waals surface area contributed by atoms with Crippen molar-refractivity contribution < 1.29 is 14.7 Å². The van der Waals surface area contributed by atoms with Crippen molar-refractivity contribution in [2.75, 3.05) is 0 Å². The van der Waals surface area contributed by atoms with Crippen LogP contribution in [0, 0.1) is 5.92 Å². The zero-order chi connectivity index (χ0) is 13.5. The molecule has 3 rings (SSSR count). The van der Waals surface area contributed by atoms with Crippen LogP contribution in [-0.4, -0.2) is 34.6 Å². The maximum atomic E-state index is 12.4. The molecule has 2 saturated heterocycles. The minimum absolute atomic E-state index is 0.0306. The summed E-state index contributed by atoms with van der Waals surface area (Å²) in [4.78, 5) is 24.0. The van der Waals surface area contributed by atoms with Gasteiger partial charge in [-0.15, -0.1) is 0 Å². The van der Waals surface area contributed by atoms with E-state index in [0.717, 1.165) is 38.5 Å². The number of hydrogen-bond donors (Lipinski definition) is 3. The maximum Gasteiger partial charge on any atom is 0.329 e. The normalized spacial score (nSPS) is 36.1. The van der Waals surface area contributed by atoms with Gasteiger partial charge in [-0.25, -0.2) is 4.79 Å². The molecule has 0 aromatic carbocycles. The first-order valence-corrected chi connectivity index (χ1v) is 7.42. The van der Waals surface area contributed by atoms with E-state index in [0.29, 0.717) is 18.9 Å². The number of carbonyl (C=O) groups is 2. The number of carboxylic acids is 1. The number of rotatable bonds is 3. The Kier molecular flexibility index (Phi) is 3.25. The maximum absolute atomic E-state index is 12.4. The van der Waals surface area contributed by atoms with Crippen LogP contribution in [0.15, 0.2) is 0 Å². The Hall–Kier alpha value is -1.10. The molecule has 1 aliphatic carbocycles. The lowest BCUT2D eigenvalue weighted by Crippen LogP contribution is -2.57. The van der Waals surface area contributed by atoms with E-state index in [2.05, 4.69) is 10.6 Å². The first-order chi connectivity index (χ1) is 9.11. The van der Waals surface area contributed by atoms with Crippen molar-refractivity contribution in [3.63, 3.8) is 0 Å². The third-order valence-corrected chi connectivity index (χ3v) is 5.12. The Labute approximate surface area is 113 Å². The van der Waals surface area contributed by atoms with Crippen LogP contribution in [0.4, 0.5) is 0 Å². The Morgan fingerprint density at radius 1 is 1.16 bits per heavy atom. The first kappa shape index (κ1) is 12.9. The van der Waals surface area contributed by atoms with Crippen molar-refractivity contribution in [2.45, 2.75) is 69.0 Å². The SMILES string of the molecule is O=C(NC1(C(=O)O)CCCCC1)C1CC2CCC1N2. The number of aliphatic carboxylic acids is 1. The molecule has 3 unspecified atom stereocenters. The largest absolute Gasteiger partial charge is 0.480 e. The van der Waals surface area contributed by atoms with Crippen molar-refractivity contribution in [1.82, 2.24) is 10.6 Å². The predicted molar refractivity (Wildman–Crippen MR) is 69.6 cm³/mol. The van der Waals surface area contributed by atoms with Gasteiger partial charge in [0.2, 0.25) is 5.91 Å². The fourth-order valence-corrected chi connectivity index (χ4v) is 3.99. The van der Waals surface area contributed by atoms with Gasteiger partial charge < -0.3 is 15.7 Å². The predicted octanol–water partition coefficient (Wildman–Crippen LogP) is 1.03. The highest BCUT2D eigenvalue weighted by Crippen LogP contribution is 2.35. The van der Waals surface area contributed by atoms with E-state index in [1.807, 2.05) is 0 Å². The summed E-state index contributed by atoms with van der Waals surface area (Å²) < 4.78 is 0. The first-order valence-electron chi connectivity index (χ1n) is 7.42. The van der Waals surface area contributed by atoms with Gasteiger partial charge in [0.1, 0.15) is 5.54 Å². The van der Waals surface area contributed by atoms with Gasteiger partial charge in [-0.3, -0.25) is 4.79 Å². The molecule has 5 nitrogen and oxygen atoms in total. The summed E-state index contributed by atoms with van der Waals surface area (Å²) in [5.41, 5.74) is -1.00. The molecule has 0 radical (unpaired) electrons. The number of nitrogens with one attached hydrogen (secondary N) is 2. The van der Waals surface area contributed by atoms with E-state index in [4.69, 9.17) is 0 Å². The molecule has 1 amide bonds. The number of fused-ring (bicyclic) bond motifs is 2. The van der Waals surface area contributed by atoms with Crippen molar-refractivity contribution >= 4 is 11.9 Å². The smallest absolute Gasteiger partial charge is 0.329 e. The third kappa shape index (κ3) is 2.24. The Balaban J connectivity index is 1.68. The zero-order valence-electron chi connectivity index (χ0n) is 11.2. The van der Waals surface area contributed by atoms with Crippen molar-refractivity contribution in [3.05, 3.63) is 0 Å². The van der Waals surface area contributed by atoms with Gasteiger partial charge in [0.05, 0.1) is 5.92 Å². The summed E-state index contributed by atoms with van der Waals surface area (Å²) in [6, 6.07) is 0.729. The summed E-state index contributed by atoms with van der Waals surface area (Å²) in [7, 11) is 0. The number of hydrogen-bond acceptors (Lipinski definition) is 3. The minimum atomic E-state index is -1.00. The molecule has 3 aliphatic rings. The molecule has 1 saturated carbocycles. The molecule has 3 fully saturated rings. The molecule has 0 spiro atoms. The summed E-state index contributed by atoms with van der Waals surface area (Å²) in [5.74, 6) is -0.947. The van der Waals surface area contributed by atoms with Crippen LogP contribution >= 0.6 is 0 Å². The molecule has 19 heavy (non-hydrogen) atoms. The molecular weight excluding hydrogens is 244 g/mol. The van der Waals surface area contributed by atoms with Crippen molar-refractivity contribution in [2.24, 2.45) is 5.92 Å². The number of carbonyl (C=O) groups excluding carboxylic acids is 1. The van der Waals surface area contributed by atoms with Crippen molar-refractivity contribution in [1.29, 1.82) is 0 Å². The zero-order valence-corrected chi connectivity index (χ0v) is 11.2. The topological polar surface area (TPSA) is 78.4 Å². The van der Waals surface area contributed by atoms with Crippen LogP contribution in [0.2, 0.25) is 0 Å². The molecule has 3 atom stereocenters. The Morgan fingerprint density at radius 3 is 2.42 bits per heavy atom. The molecule has 0 aromatic heterocycles. The van der Waals surface area contributed by atoms with Crippen molar-refractivity contribution in [3.8, 4) is 0 Å². The van der Waals surface area contributed by atoms with Gasteiger partial charge in [0.25, 0.3) is 0 Å². The van der Waals surface area contributed by atoms with Crippen LogP contribution in [0.25, 0.3) is 0 Å². The Bertz CT molecular complexity index is 390. The number of amides is 1. The van der Waals surface area contributed by atoms with Gasteiger partial charge in [0.15, 0.2) is 0 Å². The van der Waals surface area contributed by atoms with Crippen LogP contribution in [0.5, 0.6) is 0 Å². The Morgan fingerprint density at radius 2 is 1.89 bits per heavy atom. The number of carboxylic acid groups (broad SMARTS) is 1. The molecule has 5 heteroatoms. The second kappa shape index (κ2) is 4.78. The highest BCUT2D eigenvalue weighted by atomic mass is 16.4. The van der Waals surface area contributed by atoms with Gasteiger partial charge >= 0.3 is 5.97 Å². The van der Waals surface area contributed by atoms with E-state index in [1.165, 1.54) is 0 Å². The van der Waals surface area contributed by atoms with E-state index >= 15 is 0 Å². The monoisotopic (exact) mass is 266 g/mol. The quantitative estimate of drug-likeness (QED) is 0.713. The summed E-state index contributed by atoms with van der Waals surface area (Å²) in [6.45, 7) is 0. The third-order valence-electron chi connectivity index (χ3n) is 5.12. The summed E-state index contributed by atoms with van der Waals surface area (Å²) in [6.07, 6.45) is 7.06. The lowest BCUT2D eigenvalue weighted by atomic mass is 9.80. The molecule has 2 aliphatic heterocycles. The average molecular weight is 266 g/mol. The van der Waals surface area contributed by atoms with Crippen LogP contribution in [-0.2, 0) is 9.59 Å². The second-order valence-electron chi connectivity index (χ2n) is 6.33. The summed E-state index contributed by atoms with van der Waals surface area (Å²) >= 11 is 0. The second-order valence-corrected chi connectivity index (χ2v) is 6.33. The van der Waals surface area contributed by atoms with Crippen LogP contribution in [0.1, 0.15) is 51.4 Å². The van der Waals surface area contributed by atoms with Gasteiger partial charge in [-0.1, -0.05) is 19.3 Å². The van der Waals surface area contributed by atoms with E-state index in [-0.39, 0.29) is 17.9 Å². The van der Waals surface area contributed by atoms with Crippen LogP contribution < -0.4 is 10.6 Å².